The van der Waals surface area contributed by atoms with E-state index >= 15 is 0 Å². The summed E-state index contributed by atoms with van der Waals surface area (Å²) in [6, 6.07) is 15.4. The number of carbonyl (C=O) groups is 1. The van der Waals surface area contributed by atoms with Gasteiger partial charge in [0, 0.05) is 24.6 Å². The fraction of sp³-hybridized carbons (Fsp3) is 0.280. The molecular formula is C25H26N4O2S2. The predicted molar refractivity (Wildman–Crippen MR) is 137 cm³/mol. The number of fused-ring (bicyclic) bond motifs is 1. The number of amides is 1. The van der Waals surface area contributed by atoms with Crippen LogP contribution in [0.25, 0.3) is 10.9 Å². The summed E-state index contributed by atoms with van der Waals surface area (Å²) in [6.07, 6.45) is 1.68. The maximum atomic E-state index is 13.0. The number of benzene rings is 2. The molecule has 0 bridgehead atoms. The SMILES string of the molecule is CCCn1c(SCc2csc(N(C(C)=O)c3ccccc3CC)n2)nc2ccccc2c1=O. The zero-order valence-electron chi connectivity index (χ0n) is 18.9. The molecule has 2 aromatic heterocycles. The summed E-state index contributed by atoms with van der Waals surface area (Å²) in [5, 5.41) is 3.94. The summed E-state index contributed by atoms with van der Waals surface area (Å²) in [5.41, 5.74) is 3.51. The largest absolute Gasteiger partial charge is 0.287 e. The first-order valence-electron chi connectivity index (χ1n) is 11.0. The molecular weight excluding hydrogens is 452 g/mol. The van der Waals surface area contributed by atoms with E-state index in [1.54, 1.807) is 16.4 Å². The standard InChI is InChI=1S/C25H26N4O2S2/c1-4-14-28-23(31)20-11-7-8-12-21(20)27-24(28)32-15-19-16-33-25(26-19)29(17(3)30)22-13-9-6-10-18(22)5-2/h6-13,16H,4-5,14-15H2,1-3H3. The average molecular weight is 479 g/mol. The molecule has 6 nitrogen and oxygen atoms in total. The van der Waals surface area contributed by atoms with Gasteiger partial charge in [0.2, 0.25) is 5.91 Å². The van der Waals surface area contributed by atoms with Crippen LogP contribution >= 0.6 is 23.1 Å². The molecule has 8 heteroatoms. The molecule has 4 rings (SSSR count). The van der Waals surface area contributed by atoms with Crippen molar-refractivity contribution in [3.8, 4) is 0 Å². The topological polar surface area (TPSA) is 68.1 Å². The first-order valence-corrected chi connectivity index (χ1v) is 12.8. The zero-order valence-corrected chi connectivity index (χ0v) is 20.6. The number of nitrogens with zero attached hydrogens (tertiary/aromatic N) is 4. The zero-order chi connectivity index (χ0) is 23.4. The van der Waals surface area contributed by atoms with Gasteiger partial charge in [0.1, 0.15) is 0 Å². The third-order valence-electron chi connectivity index (χ3n) is 5.28. The number of anilines is 2. The van der Waals surface area contributed by atoms with Crippen molar-refractivity contribution in [1.29, 1.82) is 0 Å². The van der Waals surface area contributed by atoms with Crippen LogP contribution in [0, 0.1) is 0 Å². The Morgan fingerprint density at radius 1 is 1.09 bits per heavy atom. The third kappa shape index (κ3) is 4.86. The molecule has 0 unspecified atom stereocenters. The van der Waals surface area contributed by atoms with Crippen molar-refractivity contribution in [3.63, 3.8) is 0 Å². The molecule has 1 amide bonds. The molecule has 0 saturated heterocycles. The number of carbonyl (C=O) groups excluding carboxylic acids is 1. The number of para-hydroxylation sites is 2. The molecule has 170 valence electrons. The molecule has 4 aromatic rings. The van der Waals surface area contributed by atoms with Crippen LogP contribution in [0.4, 0.5) is 10.8 Å². The van der Waals surface area contributed by atoms with Crippen LogP contribution in [0.2, 0.25) is 0 Å². The Balaban J connectivity index is 1.62. The fourth-order valence-corrected chi connectivity index (χ4v) is 5.62. The lowest BCUT2D eigenvalue weighted by atomic mass is 10.1. The van der Waals surface area contributed by atoms with Crippen LogP contribution in [0.1, 0.15) is 38.4 Å². The van der Waals surface area contributed by atoms with Crippen LogP contribution in [-0.2, 0) is 23.5 Å². The quantitative estimate of drug-likeness (QED) is 0.236. The maximum absolute atomic E-state index is 13.0. The second kappa shape index (κ2) is 10.3. The molecule has 33 heavy (non-hydrogen) atoms. The molecule has 0 N–H and O–H groups in total. The summed E-state index contributed by atoms with van der Waals surface area (Å²) < 4.78 is 1.75. The molecule has 0 spiro atoms. The van der Waals surface area contributed by atoms with Gasteiger partial charge in [-0.15, -0.1) is 11.3 Å². The van der Waals surface area contributed by atoms with Crippen LogP contribution in [0.3, 0.4) is 0 Å². The molecule has 0 aliphatic carbocycles. The number of thiazole rings is 1. The highest BCUT2D eigenvalue weighted by atomic mass is 32.2. The first-order chi connectivity index (χ1) is 16.0. The van der Waals surface area contributed by atoms with Crippen molar-refractivity contribution in [1.82, 2.24) is 14.5 Å². The second-order valence-corrected chi connectivity index (χ2v) is 9.39. The molecule has 2 aromatic carbocycles. The number of rotatable bonds is 8. The van der Waals surface area contributed by atoms with Crippen molar-refractivity contribution < 1.29 is 4.79 Å². The van der Waals surface area contributed by atoms with E-state index in [0.717, 1.165) is 29.8 Å². The Kier molecular flexibility index (Phi) is 7.25. The molecule has 2 heterocycles. The Morgan fingerprint density at radius 2 is 1.85 bits per heavy atom. The summed E-state index contributed by atoms with van der Waals surface area (Å²) in [5.74, 6) is 0.490. The smallest absolute Gasteiger partial charge is 0.262 e. The summed E-state index contributed by atoms with van der Waals surface area (Å²) in [7, 11) is 0. The minimum atomic E-state index is -0.0718. The van der Waals surface area contributed by atoms with E-state index in [1.165, 1.54) is 23.1 Å². The first kappa shape index (κ1) is 23.2. The number of aryl methyl sites for hydroxylation is 1. The van der Waals surface area contributed by atoms with E-state index in [2.05, 4.69) is 6.92 Å². The summed E-state index contributed by atoms with van der Waals surface area (Å²) >= 11 is 2.95. The van der Waals surface area contributed by atoms with E-state index in [-0.39, 0.29) is 11.5 Å². The van der Waals surface area contributed by atoms with E-state index in [4.69, 9.17) is 9.97 Å². The van der Waals surface area contributed by atoms with Gasteiger partial charge in [0.25, 0.3) is 5.56 Å². The number of hydrogen-bond acceptors (Lipinski definition) is 6. The van der Waals surface area contributed by atoms with E-state index in [0.29, 0.717) is 33.5 Å². The van der Waals surface area contributed by atoms with E-state index < -0.39 is 0 Å². The number of thioether (sulfide) groups is 1. The van der Waals surface area contributed by atoms with Crippen molar-refractivity contribution >= 4 is 50.7 Å². The number of hydrogen-bond donors (Lipinski definition) is 0. The Labute approximate surface area is 201 Å². The highest BCUT2D eigenvalue weighted by molar-refractivity contribution is 7.98. The van der Waals surface area contributed by atoms with Crippen molar-refractivity contribution in [2.75, 3.05) is 4.90 Å². The molecule has 0 aliphatic rings. The van der Waals surface area contributed by atoms with Crippen LogP contribution < -0.4 is 10.5 Å². The fourth-order valence-electron chi connectivity index (χ4n) is 3.72. The molecule has 0 aliphatic heterocycles. The highest BCUT2D eigenvalue weighted by Gasteiger charge is 2.20. The number of aromatic nitrogens is 3. The predicted octanol–water partition coefficient (Wildman–Crippen LogP) is 5.80. The monoisotopic (exact) mass is 478 g/mol. The van der Waals surface area contributed by atoms with Crippen molar-refractivity contribution in [3.05, 3.63) is 75.5 Å². The third-order valence-corrected chi connectivity index (χ3v) is 7.17. The lowest BCUT2D eigenvalue weighted by Gasteiger charge is -2.21. The van der Waals surface area contributed by atoms with Gasteiger partial charge in [0.05, 0.1) is 22.3 Å². The normalized spacial score (nSPS) is 11.1. The molecule has 0 radical (unpaired) electrons. The minimum Gasteiger partial charge on any atom is -0.287 e. The molecule has 0 atom stereocenters. The van der Waals surface area contributed by atoms with Crippen LogP contribution in [-0.4, -0.2) is 20.4 Å². The highest BCUT2D eigenvalue weighted by Crippen LogP contribution is 2.33. The van der Waals surface area contributed by atoms with Crippen molar-refractivity contribution in [2.45, 2.75) is 51.1 Å². The average Bonchev–Trinajstić information content (AvgIpc) is 3.28. The van der Waals surface area contributed by atoms with Gasteiger partial charge in [-0.25, -0.2) is 9.97 Å². The van der Waals surface area contributed by atoms with Crippen molar-refractivity contribution in [2.24, 2.45) is 0 Å². The second-order valence-electron chi connectivity index (χ2n) is 7.62. The molecule has 0 fully saturated rings. The lowest BCUT2D eigenvalue weighted by Crippen LogP contribution is -2.24. The Hall–Kier alpha value is -2.97. The lowest BCUT2D eigenvalue weighted by molar-refractivity contribution is -0.115. The van der Waals surface area contributed by atoms with Gasteiger partial charge < -0.3 is 0 Å². The van der Waals surface area contributed by atoms with E-state index in [1.807, 2.05) is 60.8 Å². The summed E-state index contributed by atoms with van der Waals surface area (Å²) in [6.45, 7) is 6.30. The summed E-state index contributed by atoms with van der Waals surface area (Å²) in [4.78, 5) is 36.7. The van der Waals surface area contributed by atoms with Gasteiger partial charge >= 0.3 is 0 Å². The van der Waals surface area contributed by atoms with Gasteiger partial charge in [-0.3, -0.25) is 19.1 Å². The minimum absolute atomic E-state index is 0.0113. The Bertz CT molecular complexity index is 1350. The van der Waals surface area contributed by atoms with Gasteiger partial charge in [0.15, 0.2) is 10.3 Å². The maximum Gasteiger partial charge on any atom is 0.262 e. The van der Waals surface area contributed by atoms with Crippen LogP contribution in [0.15, 0.2) is 63.9 Å². The van der Waals surface area contributed by atoms with Gasteiger partial charge in [-0.05, 0) is 36.6 Å². The Morgan fingerprint density at radius 3 is 2.61 bits per heavy atom. The molecule has 0 saturated carbocycles. The van der Waals surface area contributed by atoms with Gasteiger partial charge in [-0.1, -0.05) is 55.9 Å². The van der Waals surface area contributed by atoms with Gasteiger partial charge in [-0.2, -0.15) is 0 Å². The van der Waals surface area contributed by atoms with Crippen LogP contribution in [0.5, 0.6) is 0 Å². The van der Waals surface area contributed by atoms with E-state index in [9.17, 15) is 9.59 Å².